The first-order valence-electron chi connectivity index (χ1n) is 10.0. The molecule has 0 aliphatic rings. The third kappa shape index (κ3) is 3.78. The molecule has 28 heavy (non-hydrogen) atoms. The number of hydrogen-bond donors (Lipinski definition) is 1. The average Bonchev–Trinajstić information content (AvgIpc) is 2.75. The summed E-state index contributed by atoms with van der Waals surface area (Å²) in [6.45, 7) is 6.16. The summed E-state index contributed by atoms with van der Waals surface area (Å²) < 4.78 is 0. The van der Waals surface area contributed by atoms with Gasteiger partial charge in [-0.3, -0.25) is 0 Å². The van der Waals surface area contributed by atoms with Crippen LogP contribution in [0.2, 0.25) is 0 Å². The van der Waals surface area contributed by atoms with Gasteiger partial charge in [-0.25, -0.2) is 4.98 Å². The van der Waals surface area contributed by atoms with Crippen molar-refractivity contribution in [1.82, 2.24) is 9.88 Å². The number of nitrogens with zero attached hydrogens (tertiary/aromatic N) is 2. The Morgan fingerprint density at radius 3 is 2.50 bits per heavy atom. The Balaban J connectivity index is 1.70. The summed E-state index contributed by atoms with van der Waals surface area (Å²) in [5.41, 5.74) is 3.29. The van der Waals surface area contributed by atoms with E-state index in [0.717, 1.165) is 43.6 Å². The number of nitrogens with one attached hydrogen (secondary N) is 1. The Morgan fingerprint density at radius 2 is 1.68 bits per heavy atom. The van der Waals surface area contributed by atoms with Crippen LogP contribution in [0.4, 0.5) is 5.69 Å². The highest BCUT2D eigenvalue weighted by Crippen LogP contribution is 2.34. The van der Waals surface area contributed by atoms with Gasteiger partial charge in [0, 0.05) is 35.1 Å². The molecular formula is C24H26ClN3. The predicted molar refractivity (Wildman–Crippen MR) is 123 cm³/mol. The van der Waals surface area contributed by atoms with Crippen LogP contribution in [0.15, 0.2) is 60.7 Å². The van der Waals surface area contributed by atoms with Crippen molar-refractivity contribution in [2.75, 3.05) is 37.4 Å². The maximum atomic E-state index is 5.90. The molecular weight excluding hydrogens is 366 g/mol. The Hall–Kier alpha value is -2.36. The van der Waals surface area contributed by atoms with Crippen molar-refractivity contribution in [2.24, 2.45) is 0 Å². The quantitative estimate of drug-likeness (QED) is 0.175. The van der Waals surface area contributed by atoms with E-state index in [9.17, 15) is 0 Å². The van der Waals surface area contributed by atoms with Crippen molar-refractivity contribution in [3.8, 4) is 0 Å². The first-order valence-corrected chi connectivity index (χ1v) is 10.6. The van der Waals surface area contributed by atoms with E-state index in [-0.39, 0.29) is 0 Å². The summed E-state index contributed by atoms with van der Waals surface area (Å²) in [5, 5.41) is 8.51. The van der Waals surface area contributed by atoms with Gasteiger partial charge in [-0.1, -0.05) is 61.5 Å². The van der Waals surface area contributed by atoms with Gasteiger partial charge in [-0.2, -0.15) is 0 Å². The van der Waals surface area contributed by atoms with Crippen molar-refractivity contribution >= 4 is 49.9 Å². The van der Waals surface area contributed by atoms with E-state index in [1.54, 1.807) is 0 Å². The topological polar surface area (TPSA) is 28.2 Å². The van der Waals surface area contributed by atoms with Crippen LogP contribution in [0.3, 0.4) is 0 Å². The fourth-order valence-electron chi connectivity index (χ4n) is 3.88. The lowest BCUT2D eigenvalue weighted by Crippen LogP contribution is -2.27. The maximum absolute atomic E-state index is 5.90. The zero-order chi connectivity index (χ0) is 19.3. The predicted octanol–water partition coefficient (Wildman–Crippen LogP) is 5.90. The first kappa shape index (κ1) is 19.0. The third-order valence-electron chi connectivity index (χ3n) is 5.38. The van der Waals surface area contributed by atoms with Crippen LogP contribution < -0.4 is 5.32 Å². The fourth-order valence-corrected chi connectivity index (χ4v) is 4.12. The summed E-state index contributed by atoms with van der Waals surface area (Å²) in [6, 6.07) is 21.3. The van der Waals surface area contributed by atoms with Gasteiger partial charge in [0.15, 0.2) is 0 Å². The van der Waals surface area contributed by atoms with Gasteiger partial charge in [-0.15, -0.1) is 11.6 Å². The number of halogens is 1. The summed E-state index contributed by atoms with van der Waals surface area (Å²) in [6.07, 6.45) is 1.08. The Kier molecular flexibility index (Phi) is 5.94. The smallest absolute Gasteiger partial charge is 0.0808 e. The summed E-state index contributed by atoms with van der Waals surface area (Å²) in [7, 11) is 0. The second kappa shape index (κ2) is 8.76. The van der Waals surface area contributed by atoms with E-state index >= 15 is 0 Å². The van der Waals surface area contributed by atoms with Crippen molar-refractivity contribution in [2.45, 2.75) is 13.3 Å². The molecule has 1 heterocycles. The van der Waals surface area contributed by atoms with E-state index in [1.165, 1.54) is 27.2 Å². The van der Waals surface area contributed by atoms with Gasteiger partial charge in [0.2, 0.25) is 0 Å². The number of alkyl halides is 1. The minimum atomic E-state index is 0.688. The van der Waals surface area contributed by atoms with Gasteiger partial charge in [0.05, 0.1) is 16.7 Å². The fraction of sp³-hybridized carbons (Fsp3) is 0.292. The second-order valence-corrected chi connectivity index (χ2v) is 7.47. The molecule has 0 aliphatic heterocycles. The second-order valence-electron chi connectivity index (χ2n) is 7.09. The molecule has 0 unspecified atom stereocenters. The Bertz CT molecular complexity index is 1090. The molecule has 4 rings (SSSR count). The first-order chi connectivity index (χ1) is 13.8. The minimum absolute atomic E-state index is 0.688. The molecule has 0 fully saturated rings. The molecule has 0 radical (unpaired) electrons. The Morgan fingerprint density at radius 1 is 0.893 bits per heavy atom. The van der Waals surface area contributed by atoms with Gasteiger partial charge >= 0.3 is 0 Å². The van der Waals surface area contributed by atoms with Gasteiger partial charge in [0.25, 0.3) is 0 Å². The Labute approximate surface area is 171 Å². The van der Waals surface area contributed by atoms with Gasteiger partial charge in [-0.05, 0) is 31.0 Å². The van der Waals surface area contributed by atoms with Gasteiger partial charge < -0.3 is 10.2 Å². The molecule has 0 bridgehead atoms. The average molecular weight is 392 g/mol. The zero-order valence-electron chi connectivity index (χ0n) is 16.3. The van der Waals surface area contributed by atoms with Gasteiger partial charge in [0.1, 0.15) is 0 Å². The zero-order valence-corrected chi connectivity index (χ0v) is 17.0. The molecule has 0 amide bonds. The minimum Gasteiger partial charge on any atom is -0.384 e. The van der Waals surface area contributed by atoms with E-state index < -0.39 is 0 Å². The van der Waals surface area contributed by atoms with Crippen LogP contribution in [-0.4, -0.2) is 41.9 Å². The number of rotatable bonds is 8. The van der Waals surface area contributed by atoms with E-state index in [1.807, 2.05) is 0 Å². The van der Waals surface area contributed by atoms with E-state index in [4.69, 9.17) is 16.6 Å². The van der Waals surface area contributed by atoms with Crippen molar-refractivity contribution < 1.29 is 0 Å². The van der Waals surface area contributed by atoms with Crippen LogP contribution in [0.25, 0.3) is 32.6 Å². The van der Waals surface area contributed by atoms with E-state index in [0.29, 0.717) is 5.88 Å². The molecule has 0 atom stereocenters. The molecule has 0 spiro atoms. The largest absolute Gasteiger partial charge is 0.384 e. The lowest BCUT2D eigenvalue weighted by atomic mass is 10.0. The summed E-state index contributed by atoms with van der Waals surface area (Å²) in [5.74, 6) is 0.688. The molecule has 3 aromatic carbocycles. The molecule has 1 N–H and O–H groups in total. The molecule has 4 heteroatoms. The molecule has 1 aromatic heterocycles. The highest BCUT2D eigenvalue weighted by molar-refractivity contribution is 6.18. The highest BCUT2D eigenvalue weighted by Gasteiger charge is 2.11. The van der Waals surface area contributed by atoms with Crippen molar-refractivity contribution in [1.29, 1.82) is 0 Å². The molecule has 0 saturated carbocycles. The lowest BCUT2D eigenvalue weighted by Gasteiger charge is -2.19. The lowest BCUT2D eigenvalue weighted by molar-refractivity contribution is 0.304. The summed E-state index contributed by atoms with van der Waals surface area (Å²) >= 11 is 5.90. The van der Waals surface area contributed by atoms with Crippen LogP contribution in [-0.2, 0) is 0 Å². The molecule has 4 aromatic rings. The number of anilines is 1. The molecule has 0 aliphatic carbocycles. The molecule has 144 valence electrons. The third-order valence-corrected chi connectivity index (χ3v) is 5.55. The van der Waals surface area contributed by atoms with Crippen molar-refractivity contribution in [3.05, 3.63) is 60.7 Å². The summed E-state index contributed by atoms with van der Waals surface area (Å²) in [4.78, 5) is 7.39. The highest BCUT2D eigenvalue weighted by atomic mass is 35.5. The number of fused-ring (bicyclic) bond motifs is 4. The number of pyridine rings is 1. The standard InChI is InChI=1S/C24H26ClN3/c1-2-28(17-14-25)16-7-15-26-23-20-10-5-6-11-22(20)27-24-19-9-4-3-8-18(19)12-13-21(23)24/h3-6,8-13H,2,7,14-17H2,1H3,(H,26,27). The maximum Gasteiger partial charge on any atom is 0.0808 e. The number of aromatic nitrogens is 1. The van der Waals surface area contributed by atoms with Crippen LogP contribution in [0.5, 0.6) is 0 Å². The van der Waals surface area contributed by atoms with Crippen LogP contribution in [0.1, 0.15) is 13.3 Å². The SMILES string of the molecule is CCN(CCCl)CCCNc1c2ccccc2nc2c1ccc1ccccc12. The number of hydrogen-bond acceptors (Lipinski definition) is 3. The van der Waals surface area contributed by atoms with Crippen LogP contribution in [0, 0.1) is 0 Å². The molecule has 3 nitrogen and oxygen atoms in total. The normalized spacial score (nSPS) is 11.7. The number of benzene rings is 3. The van der Waals surface area contributed by atoms with Crippen LogP contribution >= 0.6 is 11.6 Å². The van der Waals surface area contributed by atoms with E-state index in [2.05, 4.69) is 77.8 Å². The van der Waals surface area contributed by atoms with Crippen molar-refractivity contribution in [3.63, 3.8) is 0 Å². The monoisotopic (exact) mass is 391 g/mol. The number of para-hydroxylation sites is 1. The molecule has 0 saturated heterocycles.